The van der Waals surface area contributed by atoms with E-state index in [0.717, 1.165) is 5.56 Å². The van der Waals surface area contributed by atoms with Gasteiger partial charge in [-0.3, -0.25) is 4.79 Å². The predicted molar refractivity (Wildman–Crippen MR) is 109 cm³/mol. The number of carbonyl (C=O) groups excluding carboxylic acids is 1. The van der Waals surface area contributed by atoms with Gasteiger partial charge in [-0.1, -0.05) is 26.8 Å². The number of hydrogen-bond acceptors (Lipinski definition) is 7. The van der Waals surface area contributed by atoms with Crippen LogP contribution in [-0.4, -0.2) is 46.7 Å². The van der Waals surface area contributed by atoms with Crippen LogP contribution in [-0.2, 0) is 25.7 Å². The van der Waals surface area contributed by atoms with Crippen molar-refractivity contribution in [3.8, 4) is 5.75 Å². The minimum absolute atomic E-state index is 0.0271. The molecule has 1 aromatic carbocycles. The standard InChI is InChI=1S/C19H27NO7.C2H6/c1-4-17(22)25-10-12-5-6-14(20-11(2)3)15(7-12)26-18-9-13(21)8-16(27-18)19(23)24;1-2/h5-7,11,13,16,18,20-21H,4,8-10H2,1-3H3,(H,23,24);1-2H3. The summed E-state index contributed by atoms with van der Waals surface area (Å²) in [6, 6.07) is 5.48. The van der Waals surface area contributed by atoms with E-state index in [9.17, 15) is 14.7 Å². The summed E-state index contributed by atoms with van der Waals surface area (Å²) in [6.07, 6.45) is -2.34. The van der Waals surface area contributed by atoms with E-state index in [1.54, 1.807) is 19.1 Å². The second kappa shape index (κ2) is 12.3. The smallest absolute Gasteiger partial charge is 0.333 e. The molecule has 1 heterocycles. The number of ether oxygens (including phenoxy) is 3. The highest BCUT2D eigenvalue weighted by molar-refractivity contribution is 5.72. The molecule has 164 valence electrons. The van der Waals surface area contributed by atoms with E-state index in [2.05, 4.69) is 5.32 Å². The number of aliphatic hydroxyl groups is 1. The van der Waals surface area contributed by atoms with Gasteiger partial charge in [0.2, 0.25) is 6.29 Å². The Morgan fingerprint density at radius 3 is 2.55 bits per heavy atom. The number of nitrogens with one attached hydrogen (secondary N) is 1. The van der Waals surface area contributed by atoms with E-state index in [1.807, 2.05) is 33.8 Å². The Labute approximate surface area is 172 Å². The van der Waals surface area contributed by atoms with Crippen LogP contribution in [0.25, 0.3) is 0 Å². The molecule has 3 unspecified atom stereocenters. The summed E-state index contributed by atoms with van der Waals surface area (Å²) in [5.41, 5.74) is 1.43. The van der Waals surface area contributed by atoms with Crippen LogP contribution in [0.1, 0.15) is 59.4 Å². The van der Waals surface area contributed by atoms with Crippen molar-refractivity contribution < 1.29 is 34.0 Å². The van der Waals surface area contributed by atoms with E-state index < -0.39 is 24.5 Å². The summed E-state index contributed by atoms with van der Waals surface area (Å²) in [7, 11) is 0. The molecular formula is C21H33NO7. The first-order valence-corrected chi connectivity index (χ1v) is 10.1. The number of carboxylic acid groups (broad SMARTS) is 1. The highest BCUT2D eigenvalue weighted by Crippen LogP contribution is 2.31. The lowest BCUT2D eigenvalue weighted by molar-refractivity contribution is -0.195. The van der Waals surface area contributed by atoms with Crippen LogP contribution in [0.5, 0.6) is 5.75 Å². The predicted octanol–water partition coefficient (Wildman–Crippen LogP) is 3.32. The van der Waals surface area contributed by atoms with Crippen molar-refractivity contribution in [2.75, 3.05) is 5.32 Å². The Balaban J connectivity index is 0.00000204. The number of esters is 1. The fourth-order valence-corrected chi connectivity index (χ4v) is 2.69. The number of carbonyl (C=O) groups is 2. The van der Waals surface area contributed by atoms with Crippen LogP contribution >= 0.6 is 0 Å². The highest BCUT2D eigenvalue weighted by Gasteiger charge is 2.34. The van der Waals surface area contributed by atoms with Crippen LogP contribution in [0.15, 0.2) is 18.2 Å². The van der Waals surface area contributed by atoms with Gasteiger partial charge in [-0.2, -0.15) is 0 Å². The molecule has 0 radical (unpaired) electrons. The summed E-state index contributed by atoms with van der Waals surface area (Å²) >= 11 is 0. The number of hydrogen-bond donors (Lipinski definition) is 3. The monoisotopic (exact) mass is 411 g/mol. The SMILES string of the molecule is CC.CCC(=O)OCc1ccc(NC(C)C)c(OC2CC(O)CC(C(=O)O)O2)c1. The third kappa shape index (κ3) is 8.29. The summed E-state index contributed by atoms with van der Waals surface area (Å²) in [5.74, 6) is -0.995. The maximum Gasteiger partial charge on any atom is 0.333 e. The molecule has 0 bridgehead atoms. The van der Waals surface area contributed by atoms with Crippen molar-refractivity contribution >= 4 is 17.6 Å². The van der Waals surface area contributed by atoms with Crippen molar-refractivity contribution in [2.24, 2.45) is 0 Å². The van der Waals surface area contributed by atoms with E-state index in [4.69, 9.17) is 19.3 Å². The van der Waals surface area contributed by atoms with Gasteiger partial charge in [0.1, 0.15) is 12.4 Å². The number of aliphatic hydroxyl groups excluding tert-OH is 1. The second-order valence-corrected chi connectivity index (χ2v) is 6.78. The fourth-order valence-electron chi connectivity index (χ4n) is 2.69. The van der Waals surface area contributed by atoms with Gasteiger partial charge in [-0.25, -0.2) is 4.79 Å². The average Bonchev–Trinajstić information content (AvgIpc) is 2.68. The quantitative estimate of drug-likeness (QED) is 0.558. The first-order valence-electron chi connectivity index (χ1n) is 10.1. The first-order chi connectivity index (χ1) is 13.8. The molecule has 3 N–H and O–H groups in total. The van der Waals surface area contributed by atoms with Gasteiger partial charge in [0.25, 0.3) is 0 Å². The number of carboxylic acids is 1. The molecule has 1 aliphatic heterocycles. The Hall–Kier alpha value is -2.32. The largest absolute Gasteiger partial charge is 0.479 e. The Kier molecular flexibility index (Phi) is 10.5. The van der Waals surface area contributed by atoms with Gasteiger partial charge < -0.3 is 29.7 Å². The molecule has 0 aromatic heterocycles. The molecular weight excluding hydrogens is 378 g/mol. The van der Waals surface area contributed by atoms with Gasteiger partial charge in [0.05, 0.1) is 11.8 Å². The molecule has 0 spiro atoms. The molecule has 0 aliphatic carbocycles. The summed E-state index contributed by atoms with van der Waals surface area (Å²) in [5, 5.41) is 22.3. The minimum atomic E-state index is -1.14. The Morgan fingerprint density at radius 2 is 1.97 bits per heavy atom. The van der Waals surface area contributed by atoms with Gasteiger partial charge in [-0.05, 0) is 31.5 Å². The summed E-state index contributed by atoms with van der Waals surface area (Å²) < 4.78 is 16.5. The van der Waals surface area contributed by atoms with Crippen LogP contribution in [0.4, 0.5) is 5.69 Å². The van der Waals surface area contributed by atoms with E-state index in [0.29, 0.717) is 17.9 Å². The summed E-state index contributed by atoms with van der Waals surface area (Å²) in [4.78, 5) is 22.6. The van der Waals surface area contributed by atoms with Gasteiger partial charge >= 0.3 is 11.9 Å². The molecule has 29 heavy (non-hydrogen) atoms. The molecule has 8 heteroatoms. The second-order valence-electron chi connectivity index (χ2n) is 6.78. The highest BCUT2D eigenvalue weighted by atomic mass is 16.7. The number of anilines is 1. The third-order valence-electron chi connectivity index (χ3n) is 3.98. The maximum atomic E-state index is 11.4. The number of benzene rings is 1. The minimum Gasteiger partial charge on any atom is -0.479 e. The lowest BCUT2D eigenvalue weighted by atomic mass is 10.1. The molecule has 1 aliphatic rings. The van der Waals surface area contributed by atoms with Gasteiger partial charge in [0.15, 0.2) is 6.10 Å². The van der Waals surface area contributed by atoms with Crippen molar-refractivity contribution in [3.63, 3.8) is 0 Å². The van der Waals surface area contributed by atoms with Gasteiger partial charge in [0, 0.05) is 25.3 Å². The van der Waals surface area contributed by atoms with E-state index >= 15 is 0 Å². The normalized spacial score (nSPS) is 21.0. The van der Waals surface area contributed by atoms with Crippen LogP contribution in [0.2, 0.25) is 0 Å². The lowest BCUT2D eigenvalue weighted by Crippen LogP contribution is -2.42. The zero-order valence-corrected chi connectivity index (χ0v) is 17.8. The topological polar surface area (TPSA) is 114 Å². The molecule has 1 aromatic rings. The Bertz CT molecular complexity index is 662. The number of aliphatic carboxylic acids is 1. The van der Waals surface area contributed by atoms with E-state index in [-0.39, 0.29) is 31.5 Å². The average molecular weight is 411 g/mol. The van der Waals surface area contributed by atoms with Gasteiger partial charge in [-0.15, -0.1) is 0 Å². The Morgan fingerprint density at radius 1 is 1.28 bits per heavy atom. The molecule has 8 nitrogen and oxygen atoms in total. The molecule has 2 rings (SSSR count). The van der Waals surface area contributed by atoms with Crippen molar-refractivity contribution in [1.29, 1.82) is 0 Å². The molecule has 3 atom stereocenters. The molecule has 1 fully saturated rings. The zero-order chi connectivity index (χ0) is 22.0. The van der Waals surface area contributed by atoms with Crippen LogP contribution < -0.4 is 10.1 Å². The van der Waals surface area contributed by atoms with E-state index in [1.165, 1.54) is 0 Å². The van der Waals surface area contributed by atoms with Crippen LogP contribution in [0, 0.1) is 0 Å². The van der Waals surface area contributed by atoms with Crippen molar-refractivity contribution in [1.82, 2.24) is 0 Å². The number of rotatable bonds is 8. The first kappa shape index (κ1) is 24.7. The third-order valence-corrected chi connectivity index (χ3v) is 3.98. The summed E-state index contributed by atoms with van der Waals surface area (Å²) in [6.45, 7) is 9.78. The molecule has 1 saturated heterocycles. The lowest BCUT2D eigenvalue weighted by Gasteiger charge is -2.31. The molecule has 0 saturated carbocycles. The maximum absolute atomic E-state index is 11.4. The zero-order valence-electron chi connectivity index (χ0n) is 17.8. The fraction of sp³-hybridized carbons (Fsp3) is 0.619. The van der Waals surface area contributed by atoms with Crippen molar-refractivity contribution in [3.05, 3.63) is 23.8 Å². The van der Waals surface area contributed by atoms with Crippen molar-refractivity contribution in [2.45, 2.75) is 85.0 Å². The molecule has 0 amide bonds. The van der Waals surface area contributed by atoms with Crippen LogP contribution in [0.3, 0.4) is 0 Å².